The molecule has 0 heterocycles. The van der Waals surface area contributed by atoms with E-state index < -0.39 is 0 Å². The minimum absolute atomic E-state index is 0. The van der Waals surface area contributed by atoms with Gasteiger partial charge in [-0.05, 0) is 12.8 Å². The molecule has 2 aliphatic rings. The molecule has 20 heavy (non-hydrogen) atoms. The SMILES string of the molecule is CC1=CC[C-]=C1.C[SiH]C.[Cl-].[Cl-].[NH-]C(=O)C1CCCC1.[Ti+4]. The Morgan fingerprint density at radius 1 is 1.30 bits per heavy atom. The summed E-state index contributed by atoms with van der Waals surface area (Å²) < 4.78 is 0. The summed E-state index contributed by atoms with van der Waals surface area (Å²) in [6, 6.07) is 0. The number of amides is 1. The van der Waals surface area contributed by atoms with Crippen molar-refractivity contribution >= 4 is 15.4 Å². The van der Waals surface area contributed by atoms with Crippen molar-refractivity contribution in [2.45, 2.75) is 52.1 Å². The Bertz CT molecular complexity index is 278. The van der Waals surface area contributed by atoms with Crippen LogP contribution in [0.15, 0.2) is 17.7 Å². The van der Waals surface area contributed by atoms with Crippen molar-refractivity contribution in [1.82, 2.24) is 0 Å². The van der Waals surface area contributed by atoms with E-state index in [9.17, 15) is 4.79 Å². The van der Waals surface area contributed by atoms with Gasteiger partial charge in [-0.1, -0.05) is 25.9 Å². The summed E-state index contributed by atoms with van der Waals surface area (Å²) in [5.74, 6) is -0.266. The predicted molar refractivity (Wildman–Crippen MR) is 76.4 cm³/mol. The first-order valence-corrected chi connectivity index (χ1v) is 8.65. The summed E-state index contributed by atoms with van der Waals surface area (Å²) in [6.45, 7) is 6.50. The van der Waals surface area contributed by atoms with Crippen LogP contribution in [0.25, 0.3) is 5.73 Å². The van der Waals surface area contributed by atoms with Crippen LogP contribution in [-0.4, -0.2) is 15.4 Å². The molecule has 113 valence electrons. The van der Waals surface area contributed by atoms with Crippen molar-refractivity contribution in [2.75, 3.05) is 0 Å². The molecular formula is C14H24Cl2NOSiTi. The zero-order valence-electron chi connectivity index (χ0n) is 12.5. The molecule has 1 N–H and O–H groups in total. The van der Waals surface area contributed by atoms with Gasteiger partial charge >= 0.3 is 21.7 Å². The maximum Gasteiger partial charge on any atom is 4.00 e. The van der Waals surface area contributed by atoms with Crippen molar-refractivity contribution in [1.29, 1.82) is 0 Å². The molecule has 0 unspecified atom stereocenters. The number of carbonyl (C=O) groups excluding carboxylic acids is 1. The van der Waals surface area contributed by atoms with E-state index in [0.29, 0.717) is 0 Å². The maximum absolute atomic E-state index is 10.3. The van der Waals surface area contributed by atoms with Crippen molar-refractivity contribution in [3.05, 3.63) is 29.5 Å². The van der Waals surface area contributed by atoms with E-state index in [0.717, 1.165) is 41.6 Å². The van der Waals surface area contributed by atoms with Gasteiger partial charge in [0.15, 0.2) is 0 Å². The Labute approximate surface area is 153 Å². The van der Waals surface area contributed by atoms with E-state index in [-0.39, 0.29) is 58.4 Å². The number of rotatable bonds is 1. The molecule has 0 aliphatic heterocycles. The summed E-state index contributed by atoms with van der Waals surface area (Å²) in [7, 11) is 0.750. The fourth-order valence-electron chi connectivity index (χ4n) is 1.69. The van der Waals surface area contributed by atoms with Gasteiger partial charge in [0.25, 0.3) is 0 Å². The van der Waals surface area contributed by atoms with E-state index in [1.807, 2.05) is 6.08 Å². The monoisotopic (exact) mass is 368 g/mol. The van der Waals surface area contributed by atoms with Crippen molar-refractivity contribution in [3.8, 4) is 0 Å². The van der Waals surface area contributed by atoms with Crippen LogP contribution in [-0.2, 0) is 26.5 Å². The van der Waals surface area contributed by atoms with Crippen LogP contribution >= 0.6 is 0 Å². The number of carbonyl (C=O) groups is 1. The Hall–Kier alpha value is 0.461. The van der Waals surface area contributed by atoms with Gasteiger partial charge < -0.3 is 35.3 Å². The predicted octanol–water partition coefficient (Wildman–Crippen LogP) is -2.02. The molecule has 1 amide bonds. The second kappa shape index (κ2) is 19.5. The molecule has 6 heteroatoms. The van der Waals surface area contributed by atoms with Crippen LogP contribution in [0.1, 0.15) is 39.0 Å². The quantitative estimate of drug-likeness (QED) is 0.389. The molecular weight excluding hydrogens is 345 g/mol. The molecule has 2 nitrogen and oxygen atoms in total. The first kappa shape index (κ1) is 28.6. The normalized spacial score (nSPS) is 15.1. The summed E-state index contributed by atoms with van der Waals surface area (Å²) in [4.78, 5) is 10.3. The Morgan fingerprint density at radius 3 is 1.90 bits per heavy atom. The zero-order valence-corrected chi connectivity index (χ0v) is 16.7. The molecule has 1 radical (unpaired) electrons. The van der Waals surface area contributed by atoms with Crippen LogP contribution in [0.4, 0.5) is 0 Å². The minimum atomic E-state index is -0.359. The largest absolute Gasteiger partial charge is 4.00 e. The van der Waals surface area contributed by atoms with E-state index in [1.165, 1.54) is 5.57 Å². The Balaban J connectivity index is -0.0000000970. The Morgan fingerprint density at radius 2 is 1.75 bits per heavy atom. The van der Waals surface area contributed by atoms with Crippen LogP contribution in [0.2, 0.25) is 13.1 Å². The van der Waals surface area contributed by atoms with Gasteiger partial charge in [0.2, 0.25) is 0 Å². The summed E-state index contributed by atoms with van der Waals surface area (Å²) in [5, 5.41) is 0. The molecule has 2 rings (SSSR count). The molecule has 1 fully saturated rings. The average Bonchev–Trinajstić information content (AvgIpc) is 2.91. The number of hydrogen-bond acceptors (Lipinski definition) is 1. The summed E-state index contributed by atoms with van der Waals surface area (Å²) in [6.07, 6.45) is 12.5. The number of hydrogen-bond donors (Lipinski definition) is 0. The zero-order chi connectivity index (χ0) is 13.1. The third-order valence-electron chi connectivity index (χ3n) is 2.60. The second-order valence-electron chi connectivity index (χ2n) is 4.42. The summed E-state index contributed by atoms with van der Waals surface area (Å²) in [5.41, 5.74) is 8.08. The topological polar surface area (TPSA) is 40.9 Å². The third-order valence-corrected chi connectivity index (χ3v) is 2.60. The maximum atomic E-state index is 10.3. The standard InChI is InChI=1S/C6H11NO.C6H7.C2H7Si.2ClH.Ti/c7-6(8)5-3-1-2-4-5;1-6-4-2-3-5-6;1-3-2;;;/h5H,1-4H2,(H2,7,8);4-5H,2H2,1H3;3H,1-2H3;2*1H;/q;-1;;;;+4/p-3. The van der Waals surface area contributed by atoms with Crippen LogP contribution in [0.3, 0.4) is 0 Å². The van der Waals surface area contributed by atoms with Crippen molar-refractivity contribution in [2.24, 2.45) is 5.92 Å². The van der Waals surface area contributed by atoms with Crippen LogP contribution in [0, 0.1) is 12.0 Å². The second-order valence-corrected chi connectivity index (χ2v) is 5.58. The molecule has 0 aromatic carbocycles. The fourth-order valence-corrected chi connectivity index (χ4v) is 1.69. The molecule has 0 bridgehead atoms. The van der Waals surface area contributed by atoms with Gasteiger partial charge in [0.1, 0.15) is 0 Å². The minimum Gasteiger partial charge on any atom is -1.00 e. The molecule has 2 aliphatic carbocycles. The van der Waals surface area contributed by atoms with Gasteiger partial charge in [0, 0.05) is 15.4 Å². The molecule has 0 spiro atoms. The Kier molecular flexibility index (Phi) is 27.8. The first-order valence-electron chi connectivity index (χ1n) is 6.34. The van der Waals surface area contributed by atoms with Gasteiger partial charge in [-0.2, -0.15) is 6.08 Å². The first-order chi connectivity index (χ1) is 8.11. The van der Waals surface area contributed by atoms with Gasteiger partial charge in [-0.25, -0.2) is 11.6 Å². The van der Waals surface area contributed by atoms with E-state index >= 15 is 0 Å². The van der Waals surface area contributed by atoms with Crippen LogP contribution < -0.4 is 24.8 Å². The van der Waals surface area contributed by atoms with Gasteiger partial charge in [0.05, 0.1) is 5.91 Å². The number of nitrogens with one attached hydrogen (secondary N) is 1. The van der Waals surface area contributed by atoms with E-state index in [2.05, 4.69) is 32.2 Å². The smallest absolute Gasteiger partial charge is 1.00 e. The number of allylic oxidation sites excluding steroid dienone is 4. The molecule has 0 aromatic rings. The van der Waals surface area contributed by atoms with E-state index in [1.54, 1.807) is 0 Å². The fraction of sp³-hybridized carbons (Fsp3) is 0.643. The van der Waals surface area contributed by atoms with E-state index in [4.69, 9.17) is 5.73 Å². The molecule has 0 atom stereocenters. The van der Waals surface area contributed by atoms with Crippen molar-refractivity contribution in [3.63, 3.8) is 0 Å². The molecule has 1 saturated carbocycles. The molecule has 0 saturated heterocycles. The average molecular weight is 369 g/mol. The van der Waals surface area contributed by atoms with Gasteiger partial charge in [-0.3, -0.25) is 6.08 Å². The van der Waals surface area contributed by atoms with Crippen LogP contribution in [0.5, 0.6) is 0 Å². The number of halogens is 2. The summed E-state index contributed by atoms with van der Waals surface area (Å²) >= 11 is 0. The third kappa shape index (κ3) is 16.5. The molecule has 0 aromatic heterocycles. The van der Waals surface area contributed by atoms with Crippen molar-refractivity contribution < 1.29 is 51.3 Å². The van der Waals surface area contributed by atoms with Gasteiger partial charge in [-0.15, -0.1) is 13.3 Å².